The van der Waals surface area contributed by atoms with Crippen molar-refractivity contribution >= 4 is 22.8 Å². The lowest BCUT2D eigenvalue weighted by atomic mass is 9.95. The first-order chi connectivity index (χ1) is 17.1. The zero-order valence-corrected chi connectivity index (χ0v) is 19.9. The minimum Gasteiger partial charge on any atom is -0.342 e. The number of aromatic nitrogens is 2. The summed E-state index contributed by atoms with van der Waals surface area (Å²) >= 11 is 0. The lowest BCUT2D eigenvalue weighted by Crippen LogP contribution is -2.46. The maximum absolute atomic E-state index is 13.5. The van der Waals surface area contributed by atoms with Crippen LogP contribution < -0.4 is 5.32 Å². The van der Waals surface area contributed by atoms with Gasteiger partial charge in [0.15, 0.2) is 0 Å². The third-order valence-corrected chi connectivity index (χ3v) is 6.84. The second kappa shape index (κ2) is 10.1. The van der Waals surface area contributed by atoms with Crippen LogP contribution >= 0.6 is 0 Å². The summed E-state index contributed by atoms with van der Waals surface area (Å²) in [5.41, 5.74) is 3.89. The number of nitrogens with zero attached hydrogens (tertiary/aromatic N) is 3. The Morgan fingerprint density at radius 1 is 0.971 bits per heavy atom. The van der Waals surface area contributed by atoms with Gasteiger partial charge in [-0.3, -0.25) is 9.59 Å². The lowest BCUT2D eigenvalue weighted by Gasteiger charge is -2.33. The zero-order chi connectivity index (χ0) is 24.2. The second-order valence-corrected chi connectivity index (χ2v) is 9.21. The Morgan fingerprint density at radius 3 is 2.40 bits per heavy atom. The van der Waals surface area contributed by atoms with Gasteiger partial charge in [0.25, 0.3) is 0 Å². The van der Waals surface area contributed by atoms with Crippen molar-refractivity contribution in [2.45, 2.75) is 25.3 Å². The van der Waals surface area contributed by atoms with E-state index in [0.29, 0.717) is 19.5 Å². The number of nitrogens with one attached hydrogen (secondary N) is 1. The van der Waals surface area contributed by atoms with Gasteiger partial charge in [-0.05, 0) is 36.1 Å². The van der Waals surface area contributed by atoms with Crippen molar-refractivity contribution in [2.75, 3.05) is 13.1 Å². The molecule has 0 bridgehead atoms. The van der Waals surface area contributed by atoms with Crippen molar-refractivity contribution in [3.05, 3.63) is 102 Å². The van der Waals surface area contributed by atoms with E-state index in [1.165, 1.54) is 0 Å². The standard InChI is InChI=1S/C29H30N4O2/c1-32-25-17-9-8-16-24(25)30-28(32)27(22-13-6-3-7-14-22)31-29(35)23-15-10-18-33(20-23)26(34)19-21-11-4-2-5-12-21/h2-9,11-14,16-17,23,27H,10,15,18-20H2,1H3,(H,31,35)/t23-,27+/m0/s1. The van der Waals surface area contributed by atoms with E-state index in [1.54, 1.807) is 0 Å². The minimum atomic E-state index is -0.378. The molecular weight excluding hydrogens is 436 g/mol. The largest absolute Gasteiger partial charge is 0.342 e. The van der Waals surface area contributed by atoms with E-state index in [1.807, 2.05) is 101 Å². The average Bonchev–Trinajstić information content (AvgIpc) is 3.24. The Morgan fingerprint density at radius 2 is 1.66 bits per heavy atom. The van der Waals surface area contributed by atoms with Crippen LogP contribution in [-0.4, -0.2) is 39.4 Å². The van der Waals surface area contributed by atoms with Gasteiger partial charge in [-0.15, -0.1) is 0 Å². The number of rotatable bonds is 6. The summed E-state index contributed by atoms with van der Waals surface area (Å²) in [6.07, 6.45) is 1.95. The summed E-state index contributed by atoms with van der Waals surface area (Å²) in [5.74, 6) is 0.578. The highest BCUT2D eigenvalue weighted by atomic mass is 16.2. The topological polar surface area (TPSA) is 67.2 Å². The molecule has 1 aromatic heterocycles. The number of aryl methyl sites for hydroxylation is 1. The van der Waals surface area contributed by atoms with Crippen LogP contribution in [0.2, 0.25) is 0 Å². The van der Waals surface area contributed by atoms with E-state index >= 15 is 0 Å². The lowest BCUT2D eigenvalue weighted by molar-refractivity contribution is -0.135. The van der Waals surface area contributed by atoms with Crippen molar-refractivity contribution < 1.29 is 9.59 Å². The molecule has 0 aliphatic carbocycles. The van der Waals surface area contributed by atoms with Gasteiger partial charge in [0.1, 0.15) is 11.9 Å². The van der Waals surface area contributed by atoms with Gasteiger partial charge >= 0.3 is 0 Å². The molecule has 4 aromatic rings. The summed E-state index contributed by atoms with van der Waals surface area (Å²) < 4.78 is 2.05. The minimum absolute atomic E-state index is 0.0388. The molecule has 1 saturated heterocycles. The van der Waals surface area contributed by atoms with Gasteiger partial charge in [-0.2, -0.15) is 0 Å². The van der Waals surface area contributed by atoms with Crippen LogP contribution in [0.15, 0.2) is 84.9 Å². The van der Waals surface area contributed by atoms with E-state index in [0.717, 1.165) is 40.8 Å². The van der Waals surface area contributed by atoms with Crippen molar-refractivity contribution in [3.63, 3.8) is 0 Å². The van der Waals surface area contributed by atoms with Gasteiger partial charge in [0.2, 0.25) is 11.8 Å². The van der Waals surface area contributed by atoms with Crippen LogP contribution in [0.4, 0.5) is 0 Å². The van der Waals surface area contributed by atoms with E-state index in [4.69, 9.17) is 4.98 Å². The van der Waals surface area contributed by atoms with Crippen molar-refractivity contribution in [1.82, 2.24) is 19.8 Å². The fraction of sp³-hybridized carbons (Fsp3) is 0.276. The molecule has 2 heterocycles. The first kappa shape index (κ1) is 22.8. The SMILES string of the molecule is Cn1c([C@H](NC(=O)[C@H]2CCCN(C(=O)Cc3ccccc3)C2)c2ccccc2)nc2ccccc21. The number of likely N-dealkylation sites (tertiary alicyclic amines) is 1. The highest BCUT2D eigenvalue weighted by molar-refractivity contribution is 5.83. The summed E-state index contributed by atoms with van der Waals surface area (Å²) in [5, 5.41) is 3.27. The molecule has 2 atom stereocenters. The summed E-state index contributed by atoms with van der Waals surface area (Å²) in [4.78, 5) is 33.1. The number of piperidine rings is 1. The number of amides is 2. The molecule has 1 aliphatic rings. The fourth-order valence-electron chi connectivity index (χ4n) is 4.92. The van der Waals surface area contributed by atoms with Crippen LogP contribution in [0.5, 0.6) is 0 Å². The Labute approximate surface area is 205 Å². The normalized spacial score (nSPS) is 16.7. The molecule has 1 N–H and O–H groups in total. The molecule has 0 radical (unpaired) electrons. The van der Waals surface area contributed by atoms with Crippen LogP contribution in [0.3, 0.4) is 0 Å². The number of hydrogen-bond acceptors (Lipinski definition) is 3. The zero-order valence-electron chi connectivity index (χ0n) is 19.9. The van der Waals surface area contributed by atoms with Gasteiger partial charge in [-0.25, -0.2) is 4.98 Å². The van der Waals surface area contributed by atoms with Gasteiger partial charge in [-0.1, -0.05) is 72.8 Å². The highest BCUT2D eigenvalue weighted by Crippen LogP contribution is 2.26. The second-order valence-electron chi connectivity index (χ2n) is 9.21. The molecule has 2 amide bonds. The maximum atomic E-state index is 13.5. The van der Waals surface area contributed by atoms with E-state index < -0.39 is 0 Å². The number of fused-ring (bicyclic) bond motifs is 1. The molecule has 0 saturated carbocycles. The van der Waals surface area contributed by atoms with Crippen LogP contribution in [0, 0.1) is 5.92 Å². The highest BCUT2D eigenvalue weighted by Gasteiger charge is 2.31. The molecule has 5 rings (SSSR count). The molecular formula is C29H30N4O2. The van der Waals surface area contributed by atoms with E-state index in [9.17, 15) is 9.59 Å². The summed E-state index contributed by atoms with van der Waals surface area (Å²) in [7, 11) is 1.98. The van der Waals surface area contributed by atoms with Crippen molar-refractivity contribution in [3.8, 4) is 0 Å². The van der Waals surface area contributed by atoms with Gasteiger partial charge < -0.3 is 14.8 Å². The molecule has 6 nitrogen and oxygen atoms in total. The Balaban J connectivity index is 1.35. The third-order valence-electron chi connectivity index (χ3n) is 6.84. The number of para-hydroxylation sites is 2. The smallest absolute Gasteiger partial charge is 0.227 e. The predicted octanol–water partition coefficient (Wildman–Crippen LogP) is 4.26. The average molecular weight is 467 g/mol. The van der Waals surface area contributed by atoms with Crippen molar-refractivity contribution in [2.24, 2.45) is 13.0 Å². The molecule has 35 heavy (non-hydrogen) atoms. The molecule has 178 valence electrons. The van der Waals surface area contributed by atoms with Gasteiger partial charge in [0.05, 0.1) is 23.4 Å². The number of carbonyl (C=O) groups excluding carboxylic acids is 2. The maximum Gasteiger partial charge on any atom is 0.227 e. The quantitative estimate of drug-likeness (QED) is 0.462. The van der Waals surface area contributed by atoms with E-state index in [-0.39, 0.29) is 23.8 Å². The summed E-state index contributed by atoms with van der Waals surface area (Å²) in [6.45, 7) is 1.14. The molecule has 1 fully saturated rings. The number of benzene rings is 3. The molecule has 0 spiro atoms. The van der Waals surface area contributed by atoms with Crippen LogP contribution in [-0.2, 0) is 23.1 Å². The fourth-order valence-corrected chi connectivity index (χ4v) is 4.92. The monoisotopic (exact) mass is 466 g/mol. The van der Waals surface area contributed by atoms with Gasteiger partial charge in [0, 0.05) is 20.1 Å². The summed E-state index contributed by atoms with van der Waals surface area (Å²) in [6, 6.07) is 27.3. The molecule has 6 heteroatoms. The number of carbonyl (C=O) groups is 2. The number of imidazole rings is 1. The molecule has 0 unspecified atom stereocenters. The Kier molecular flexibility index (Phi) is 6.62. The van der Waals surface area contributed by atoms with Crippen molar-refractivity contribution in [1.29, 1.82) is 0 Å². The first-order valence-corrected chi connectivity index (χ1v) is 12.2. The van der Waals surface area contributed by atoms with Crippen LogP contribution in [0.25, 0.3) is 11.0 Å². The Hall–Kier alpha value is -3.93. The van der Waals surface area contributed by atoms with E-state index in [2.05, 4.69) is 5.32 Å². The predicted molar refractivity (Wildman–Crippen MR) is 137 cm³/mol. The van der Waals surface area contributed by atoms with Crippen LogP contribution in [0.1, 0.15) is 35.8 Å². The molecule has 1 aliphatic heterocycles. The Bertz CT molecular complexity index is 1320. The molecule has 3 aromatic carbocycles. The number of hydrogen-bond donors (Lipinski definition) is 1. The first-order valence-electron chi connectivity index (χ1n) is 12.2. The third kappa shape index (κ3) is 4.97.